The van der Waals surface area contributed by atoms with Gasteiger partial charge in [-0.05, 0) is 44.1 Å². The first-order chi connectivity index (χ1) is 8.84. The van der Waals surface area contributed by atoms with Crippen molar-refractivity contribution >= 4 is 5.91 Å². The molecule has 0 spiro atoms. The van der Waals surface area contributed by atoms with Crippen molar-refractivity contribution in [2.24, 2.45) is 17.1 Å². The van der Waals surface area contributed by atoms with Crippen molar-refractivity contribution in [2.75, 3.05) is 19.6 Å². The minimum atomic E-state index is 0.233. The first-order valence-corrected chi connectivity index (χ1v) is 7.48. The third-order valence-electron chi connectivity index (χ3n) is 4.13. The fraction of sp³-hybridized carbons (Fsp3) is 0.812. The third kappa shape index (κ3) is 5.35. The van der Waals surface area contributed by atoms with Gasteiger partial charge in [-0.1, -0.05) is 32.4 Å². The lowest BCUT2D eigenvalue weighted by atomic mass is 9.76. The lowest BCUT2D eigenvalue weighted by Gasteiger charge is -2.32. The van der Waals surface area contributed by atoms with Crippen molar-refractivity contribution in [3.05, 3.63) is 11.6 Å². The van der Waals surface area contributed by atoms with Gasteiger partial charge in [-0.25, -0.2) is 0 Å². The molecule has 0 radical (unpaired) electrons. The second-order valence-corrected chi connectivity index (χ2v) is 6.83. The number of nitrogens with zero attached hydrogens (tertiary/aromatic N) is 1. The van der Waals surface area contributed by atoms with E-state index in [4.69, 9.17) is 5.73 Å². The van der Waals surface area contributed by atoms with Crippen molar-refractivity contribution in [3.63, 3.8) is 0 Å². The molecule has 0 aromatic carbocycles. The van der Waals surface area contributed by atoms with E-state index in [2.05, 4.69) is 33.8 Å². The third-order valence-corrected chi connectivity index (χ3v) is 4.13. The van der Waals surface area contributed by atoms with Gasteiger partial charge in [0.05, 0.1) is 0 Å². The van der Waals surface area contributed by atoms with E-state index < -0.39 is 0 Å². The Morgan fingerprint density at radius 1 is 1.42 bits per heavy atom. The van der Waals surface area contributed by atoms with Crippen LogP contribution in [0.2, 0.25) is 0 Å². The quantitative estimate of drug-likeness (QED) is 0.778. The largest absolute Gasteiger partial charge is 0.338 e. The van der Waals surface area contributed by atoms with Gasteiger partial charge >= 0.3 is 0 Å². The number of nitrogens with two attached hydrogens (primary N) is 1. The molecule has 1 aliphatic rings. The van der Waals surface area contributed by atoms with E-state index in [0.29, 0.717) is 24.8 Å². The molecule has 1 heterocycles. The van der Waals surface area contributed by atoms with Crippen LogP contribution in [0.4, 0.5) is 0 Å². The van der Waals surface area contributed by atoms with E-state index in [1.165, 1.54) is 5.57 Å². The molecule has 1 rings (SSSR count). The summed E-state index contributed by atoms with van der Waals surface area (Å²) in [7, 11) is 0. The van der Waals surface area contributed by atoms with E-state index in [-0.39, 0.29) is 5.41 Å². The topological polar surface area (TPSA) is 46.3 Å². The van der Waals surface area contributed by atoms with Gasteiger partial charge < -0.3 is 10.6 Å². The maximum atomic E-state index is 12.2. The zero-order chi connectivity index (χ0) is 14.5. The van der Waals surface area contributed by atoms with E-state index in [9.17, 15) is 4.79 Å². The highest BCUT2D eigenvalue weighted by atomic mass is 16.2. The molecule has 0 saturated carbocycles. The molecule has 1 amide bonds. The fourth-order valence-electron chi connectivity index (χ4n) is 2.79. The van der Waals surface area contributed by atoms with Gasteiger partial charge in [0.25, 0.3) is 0 Å². The second-order valence-electron chi connectivity index (χ2n) is 6.83. The molecule has 1 aliphatic heterocycles. The van der Waals surface area contributed by atoms with Crippen LogP contribution >= 0.6 is 0 Å². The van der Waals surface area contributed by atoms with Gasteiger partial charge in [-0.2, -0.15) is 0 Å². The van der Waals surface area contributed by atoms with Gasteiger partial charge in [0.1, 0.15) is 0 Å². The minimum Gasteiger partial charge on any atom is -0.338 e. The lowest BCUT2D eigenvalue weighted by molar-refractivity contribution is -0.131. The highest BCUT2D eigenvalue weighted by Crippen LogP contribution is 2.32. The Morgan fingerprint density at radius 2 is 2.11 bits per heavy atom. The van der Waals surface area contributed by atoms with Gasteiger partial charge in [0.2, 0.25) is 5.91 Å². The summed E-state index contributed by atoms with van der Waals surface area (Å²) in [6.45, 7) is 11.2. The molecule has 2 N–H and O–H groups in total. The molecule has 19 heavy (non-hydrogen) atoms. The summed E-state index contributed by atoms with van der Waals surface area (Å²) >= 11 is 0. The van der Waals surface area contributed by atoms with Crippen LogP contribution in [-0.4, -0.2) is 30.4 Å². The van der Waals surface area contributed by atoms with E-state index in [0.717, 1.165) is 32.4 Å². The van der Waals surface area contributed by atoms with Crippen LogP contribution in [0.3, 0.4) is 0 Å². The first kappa shape index (κ1) is 16.2. The van der Waals surface area contributed by atoms with Crippen molar-refractivity contribution < 1.29 is 4.79 Å². The molecule has 0 aromatic rings. The van der Waals surface area contributed by atoms with Gasteiger partial charge in [0.15, 0.2) is 0 Å². The SMILES string of the molecule is CC1=CCCN(C(=O)CCC(CCN)C(C)(C)C)C1. The smallest absolute Gasteiger partial charge is 0.222 e. The van der Waals surface area contributed by atoms with Crippen molar-refractivity contribution in [3.8, 4) is 0 Å². The van der Waals surface area contributed by atoms with Crippen LogP contribution in [0, 0.1) is 11.3 Å². The second kappa shape index (κ2) is 7.09. The molecular formula is C16H30N2O. The average Bonchev–Trinajstić information content (AvgIpc) is 2.32. The van der Waals surface area contributed by atoms with Crippen LogP contribution in [0.25, 0.3) is 0 Å². The molecule has 0 aliphatic carbocycles. The van der Waals surface area contributed by atoms with Crippen LogP contribution < -0.4 is 5.73 Å². The first-order valence-electron chi connectivity index (χ1n) is 7.48. The zero-order valence-corrected chi connectivity index (χ0v) is 13.0. The summed E-state index contributed by atoms with van der Waals surface area (Å²) in [6.07, 6.45) is 5.86. The Kier molecular flexibility index (Phi) is 6.05. The van der Waals surface area contributed by atoms with Crippen LogP contribution in [-0.2, 0) is 4.79 Å². The molecule has 1 atom stereocenters. The monoisotopic (exact) mass is 266 g/mol. The summed E-state index contributed by atoms with van der Waals surface area (Å²) < 4.78 is 0. The molecule has 110 valence electrons. The molecule has 0 bridgehead atoms. The predicted octanol–water partition coefficient (Wildman–Crippen LogP) is 2.96. The molecule has 3 heteroatoms. The highest BCUT2D eigenvalue weighted by molar-refractivity contribution is 5.76. The Labute approximate surface area is 118 Å². The van der Waals surface area contributed by atoms with Crippen molar-refractivity contribution in [1.82, 2.24) is 4.90 Å². The number of carbonyl (C=O) groups excluding carboxylic acids is 1. The Hall–Kier alpha value is -0.830. The molecule has 0 fully saturated rings. The maximum Gasteiger partial charge on any atom is 0.222 e. The summed E-state index contributed by atoms with van der Waals surface area (Å²) in [5.74, 6) is 0.835. The average molecular weight is 266 g/mol. The minimum absolute atomic E-state index is 0.233. The summed E-state index contributed by atoms with van der Waals surface area (Å²) in [5.41, 5.74) is 7.24. The fourth-order valence-corrected chi connectivity index (χ4v) is 2.79. The summed E-state index contributed by atoms with van der Waals surface area (Å²) in [5, 5.41) is 0. The standard InChI is InChI=1S/C16H30N2O/c1-13-6-5-11-18(12-13)15(19)8-7-14(9-10-17)16(2,3)4/h6,14H,5,7-12,17H2,1-4H3. The lowest BCUT2D eigenvalue weighted by Crippen LogP contribution is -2.36. The Balaban J connectivity index is 2.46. The number of hydrogen-bond donors (Lipinski definition) is 1. The molecule has 3 nitrogen and oxygen atoms in total. The molecule has 0 aromatic heterocycles. The summed E-state index contributed by atoms with van der Waals surface area (Å²) in [4.78, 5) is 14.2. The van der Waals surface area contributed by atoms with Gasteiger partial charge in [-0.15, -0.1) is 0 Å². The van der Waals surface area contributed by atoms with Crippen molar-refractivity contribution in [1.29, 1.82) is 0 Å². The normalized spacial score (nSPS) is 18.2. The van der Waals surface area contributed by atoms with E-state index in [1.54, 1.807) is 0 Å². The van der Waals surface area contributed by atoms with Crippen LogP contribution in [0.1, 0.15) is 53.4 Å². The van der Waals surface area contributed by atoms with Crippen molar-refractivity contribution in [2.45, 2.75) is 53.4 Å². The summed E-state index contributed by atoms with van der Waals surface area (Å²) in [6, 6.07) is 0. The number of rotatable bonds is 5. The van der Waals surface area contributed by atoms with Gasteiger partial charge in [-0.3, -0.25) is 4.79 Å². The van der Waals surface area contributed by atoms with E-state index >= 15 is 0 Å². The van der Waals surface area contributed by atoms with Crippen LogP contribution in [0.15, 0.2) is 11.6 Å². The number of hydrogen-bond acceptors (Lipinski definition) is 2. The highest BCUT2D eigenvalue weighted by Gasteiger charge is 2.25. The Bertz CT molecular complexity index is 328. The molecule has 0 saturated heterocycles. The van der Waals surface area contributed by atoms with Gasteiger partial charge in [0, 0.05) is 19.5 Å². The van der Waals surface area contributed by atoms with E-state index in [1.807, 2.05) is 4.90 Å². The maximum absolute atomic E-state index is 12.2. The molecule has 1 unspecified atom stereocenters. The Morgan fingerprint density at radius 3 is 2.63 bits per heavy atom. The molecular weight excluding hydrogens is 236 g/mol. The van der Waals surface area contributed by atoms with Crippen LogP contribution in [0.5, 0.6) is 0 Å². The zero-order valence-electron chi connectivity index (χ0n) is 13.0. The number of carbonyl (C=O) groups is 1. The predicted molar refractivity (Wildman–Crippen MR) is 80.8 cm³/mol. The number of amides is 1.